The number of carbonyl (C=O) groups is 1. The van der Waals surface area contributed by atoms with Crippen molar-refractivity contribution in [2.24, 2.45) is 0 Å². The molecule has 1 aromatic heterocycles. The first-order valence-electron chi connectivity index (χ1n) is 9.41. The zero-order valence-electron chi connectivity index (χ0n) is 16.4. The summed E-state index contributed by atoms with van der Waals surface area (Å²) in [6.45, 7) is 0.233. The van der Waals surface area contributed by atoms with E-state index in [-0.39, 0.29) is 12.6 Å². The molecule has 0 aliphatic carbocycles. The Morgan fingerprint density at radius 1 is 0.967 bits per heavy atom. The molecule has 0 saturated heterocycles. The highest BCUT2D eigenvalue weighted by molar-refractivity contribution is 6.30. The number of carbonyl (C=O) groups excluding carboxylic acids is 1. The molecule has 4 aromatic rings. The van der Waals surface area contributed by atoms with E-state index in [1.165, 1.54) is 0 Å². The van der Waals surface area contributed by atoms with E-state index in [1.54, 1.807) is 31.4 Å². The fourth-order valence-electron chi connectivity index (χ4n) is 3.31. The second-order valence-electron chi connectivity index (χ2n) is 6.66. The molecule has 148 valence electrons. The van der Waals surface area contributed by atoms with E-state index in [9.17, 15) is 4.79 Å². The molecule has 30 heavy (non-hydrogen) atoms. The Balaban J connectivity index is 1.85. The molecule has 1 N–H and O–H groups in total. The smallest absolute Gasteiger partial charge is 0.273 e. The molecule has 0 saturated carbocycles. The van der Waals surface area contributed by atoms with E-state index >= 15 is 0 Å². The van der Waals surface area contributed by atoms with Crippen LogP contribution in [-0.2, 0) is 11.5 Å². The van der Waals surface area contributed by atoms with E-state index in [0.717, 1.165) is 16.5 Å². The van der Waals surface area contributed by atoms with Gasteiger partial charge in [0, 0.05) is 28.8 Å². The molecule has 0 spiro atoms. The van der Waals surface area contributed by atoms with Gasteiger partial charge >= 0.3 is 0 Å². The summed E-state index contributed by atoms with van der Waals surface area (Å²) in [4.78, 5) is 13.3. The highest BCUT2D eigenvalue weighted by atomic mass is 35.5. The van der Waals surface area contributed by atoms with Crippen LogP contribution in [0.5, 0.6) is 0 Å². The Bertz CT molecular complexity index is 1250. The minimum atomic E-state index is -0.261. The van der Waals surface area contributed by atoms with Gasteiger partial charge in [-0.05, 0) is 42.5 Å². The summed E-state index contributed by atoms with van der Waals surface area (Å²) in [6, 6.07) is 24.5. The average Bonchev–Trinajstić information content (AvgIpc) is 3.08. The van der Waals surface area contributed by atoms with E-state index in [2.05, 4.69) is 17.2 Å². The monoisotopic (exact) mass is 414 g/mol. The highest BCUT2D eigenvalue weighted by Gasteiger charge is 2.22. The van der Waals surface area contributed by atoms with Gasteiger partial charge < -0.3 is 14.6 Å². The van der Waals surface area contributed by atoms with E-state index in [4.69, 9.17) is 16.3 Å². The number of para-hydroxylation sites is 1. The van der Waals surface area contributed by atoms with Crippen LogP contribution in [0.1, 0.15) is 21.6 Å². The Hall–Kier alpha value is -3.52. The summed E-state index contributed by atoms with van der Waals surface area (Å²) in [5.41, 5.74) is 3.54. The third-order valence-corrected chi connectivity index (χ3v) is 4.90. The molecule has 0 aliphatic rings. The van der Waals surface area contributed by atoms with Gasteiger partial charge in [0.1, 0.15) is 12.4 Å². The molecule has 0 atom stereocenters. The second-order valence-corrected chi connectivity index (χ2v) is 7.10. The highest BCUT2D eigenvalue weighted by Crippen LogP contribution is 2.27. The van der Waals surface area contributed by atoms with E-state index in [0.29, 0.717) is 22.0 Å². The van der Waals surface area contributed by atoms with Crippen molar-refractivity contribution < 1.29 is 9.53 Å². The summed E-state index contributed by atoms with van der Waals surface area (Å²) >= 11 is 5.96. The van der Waals surface area contributed by atoms with E-state index in [1.807, 2.05) is 59.2 Å². The number of nitrogens with one attached hydrogen (secondary N) is 1. The standard InChI is InChI=1S/C25H19ClN2O2/c1-30-17-28-23-10-6-5-9-21(23)22(16-11-18-7-3-2-4-8-18)24(28)25(29)27-20-14-12-19(26)13-15-20/h2-10,12-15H,17H2,1H3,(H,27,29). The van der Waals surface area contributed by atoms with Crippen LogP contribution in [0.3, 0.4) is 0 Å². The van der Waals surface area contributed by atoms with Gasteiger partial charge in [-0.15, -0.1) is 0 Å². The van der Waals surface area contributed by atoms with Crippen molar-refractivity contribution in [2.75, 3.05) is 12.4 Å². The summed E-state index contributed by atoms with van der Waals surface area (Å²) in [6.07, 6.45) is 0. The van der Waals surface area contributed by atoms with Gasteiger partial charge in [0.25, 0.3) is 5.91 Å². The van der Waals surface area contributed by atoms with Gasteiger partial charge in [-0.1, -0.05) is 59.8 Å². The number of rotatable bonds is 4. The zero-order valence-corrected chi connectivity index (χ0v) is 17.1. The molecule has 1 amide bonds. The third kappa shape index (κ3) is 4.08. The van der Waals surface area contributed by atoms with Crippen LogP contribution in [0.25, 0.3) is 10.9 Å². The number of hydrogen-bond acceptors (Lipinski definition) is 2. The van der Waals surface area contributed by atoms with Crippen molar-refractivity contribution in [3.8, 4) is 11.8 Å². The minimum absolute atomic E-state index is 0.233. The number of amides is 1. The molecule has 0 fully saturated rings. The number of ether oxygens (including phenoxy) is 1. The Morgan fingerprint density at radius 2 is 1.67 bits per heavy atom. The number of anilines is 1. The van der Waals surface area contributed by atoms with Gasteiger partial charge in [0.2, 0.25) is 0 Å². The van der Waals surface area contributed by atoms with Crippen molar-refractivity contribution in [3.63, 3.8) is 0 Å². The molecular weight excluding hydrogens is 396 g/mol. The molecule has 0 unspecified atom stereocenters. The number of methoxy groups -OCH3 is 1. The molecule has 3 aromatic carbocycles. The Morgan fingerprint density at radius 3 is 2.40 bits per heavy atom. The number of aromatic nitrogens is 1. The molecular formula is C25H19ClN2O2. The molecule has 0 radical (unpaired) electrons. The lowest BCUT2D eigenvalue weighted by Gasteiger charge is -2.11. The van der Waals surface area contributed by atoms with Gasteiger partial charge in [-0.25, -0.2) is 0 Å². The average molecular weight is 415 g/mol. The predicted octanol–water partition coefficient (Wildman–Crippen LogP) is 5.55. The van der Waals surface area contributed by atoms with Crippen molar-refractivity contribution in [1.82, 2.24) is 4.57 Å². The third-order valence-electron chi connectivity index (χ3n) is 4.65. The van der Waals surface area contributed by atoms with Crippen LogP contribution in [0.15, 0.2) is 78.9 Å². The first-order chi connectivity index (χ1) is 14.7. The molecule has 5 heteroatoms. The van der Waals surface area contributed by atoms with Crippen LogP contribution in [0.4, 0.5) is 5.69 Å². The SMILES string of the molecule is COCn1c(C(=O)Nc2ccc(Cl)cc2)c(C#Cc2ccccc2)c2ccccc21. The summed E-state index contributed by atoms with van der Waals surface area (Å²) < 4.78 is 7.23. The van der Waals surface area contributed by atoms with Crippen molar-refractivity contribution in [2.45, 2.75) is 6.73 Å². The molecule has 0 aliphatic heterocycles. The van der Waals surface area contributed by atoms with Gasteiger partial charge in [-0.3, -0.25) is 4.79 Å². The Kier molecular flexibility index (Phi) is 5.85. The number of hydrogen-bond donors (Lipinski definition) is 1. The summed E-state index contributed by atoms with van der Waals surface area (Å²) in [7, 11) is 1.60. The van der Waals surface area contributed by atoms with Crippen LogP contribution < -0.4 is 5.32 Å². The maximum Gasteiger partial charge on any atom is 0.273 e. The number of fused-ring (bicyclic) bond motifs is 1. The maximum absolute atomic E-state index is 13.3. The van der Waals surface area contributed by atoms with Crippen molar-refractivity contribution in [1.29, 1.82) is 0 Å². The van der Waals surface area contributed by atoms with Crippen LogP contribution in [0, 0.1) is 11.8 Å². The van der Waals surface area contributed by atoms with E-state index < -0.39 is 0 Å². The van der Waals surface area contributed by atoms with Crippen LogP contribution in [0.2, 0.25) is 5.02 Å². The van der Waals surface area contributed by atoms with Gasteiger partial charge in [0.15, 0.2) is 0 Å². The predicted molar refractivity (Wildman–Crippen MR) is 121 cm³/mol. The summed E-state index contributed by atoms with van der Waals surface area (Å²) in [5, 5.41) is 4.45. The first kappa shape index (κ1) is 19.8. The van der Waals surface area contributed by atoms with Gasteiger partial charge in [-0.2, -0.15) is 0 Å². The van der Waals surface area contributed by atoms with Crippen molar-refractivity contribution >= 4 is 34.1 Å². The number of nitrogens with zero attached hydrogens (tertiary/aromatic N) is 1. The van der Waals surface area contributed by atoms with Crippen molar-refractivity contribution in [3.05, 3.63) is 101 Å². The normalized spacial score (nSPS) is 10.5. The largest absolute Gasteiger partial charge is 0.364 e. The fourth-order valence-corrected chi connectivity index (χ4v) is 3.43. The fraction of sp³-hybridized carbons (Fsp3) is 0.0800. The quantitative estimate of drug-likeness (QED) is 0.445. The van der Waals surface area contributed by atoms with Crippen LogP contribution in [-0.4, -0.2) is 17.6 Å². The Labute approximate surface area is 180 Å². The zero-order chi connectivity index (χ0) is 20.9. The molecule has 1 heterocycles. The topological polar surface area (TPSA) is 43.3 Å². The minimum Gasteiger partial charge on any atom is -0.364 e. The lowest BCUT2D eigenvalue weighted by Crippen LogP contribution is -2.19. The second kappa shape index (κ2) is 8.87. The van der Waals surface area contributed by atoms with Crippen LogP contribution >= 0.6 is 11.6 Å². The lowest BCUT2D eigenvalue weighted by atomic mass is 10.1. The summed E-state index contributed by atoms with van der Waals surface area (Å²) in [5.74, 6) is 6.13. The number of benzene rings is 3. The first-order valence-corrected chi connectivity index (χ1v) is 9.79. The number of halogens is 1. The molecule has 4 rings (SSSR count). The molecule has 0 bridgehead atoms. The van der Waals surface area contributed by atoms with Gasteiger partial charge in [0.05, 0.1) is 11.1 Å². The molecule has 4 nitrogen and oxygen atoms in total. The maximum atomic E-state index is 13.3. The lowest BCUT2D eigenvalue weighted by molar-refractivity contribution is 0.0982.